The highest BCUT2D eigenvalue weighted by Crippen LogP contribution is 2.20. The molecule has 1 rings (SSSR count). The van der Waals surface area contributed by atoms with Gasteiger partial charge in [-0.3, -0.25) is 9.59 Å². The molecule has 0 saturated carbocycles. The molecule has 0 spiro atoms. The smallest absolute Gasteiger partial charge is 0.309 e. The second kappa shape index (κ2) is 5.53. The Morgan fingerprint density at radius 2 is 1.89 bits per heavy atom. The van der Waals surface area contributed by atoms with Crippen molar-refractivity contribution in [3.8, 4) is 5.75 Å². The molecule has 3 N–H and O–H groups in total. The van der Waals surface area contributed by atoms with Gasteiger partial charge in [0.05, 0.1) is 5.41 Å². The van der Waals surface area contributed by atoms with Gasteiger partial charge in [0, 0.05) is 18.5 Å². The van der Waals surface area contributed by atoms with E-state index < -0.39 is 11.4 Å². The van der Waals surface area contributed by atoms with E-state index in [0.29, 0.717) is 5.56 Å². The lowest BCUT2D eigenvalue weighted by molar-refractivity contribution is -0.149. The van der Waals surface area contributed by atoms with Gasteiger partial charge in [-0.25, -0.2) is 0 Å². The van der Waals surface area contributed by atoms with E-state index in [1.54, 1.807) is 18.2 Å². The van der Waals surface area contributed by atoms with Crippen LogP contribution in [0, 0.1) is 5.41 Å². The molecule has 0 atom stereocenters. The SMILES string of the molecule is CC(C)(CC(=O)NCc1ccccc1O)C(=O)O. The molecule has 5 nitrogen and oxygen atoms in total. The van der Waals surface area contributed by atoms with Crippen molar-refractivity contribution < 1.29 is 19.8 Å². The number of rotatable bonds is 5. The zero-order valence-electron chi connectivity index (χ0n) is 10.4. The van der Waals surface area contributed by atoms with Crippen LogP contribution in [0.15, 0.2) is 24.3 Å². The van der Waals surface area contributed by atoms with Gasteiger partial charge < -0.3 is 15.5 Å². The maximum Gasteiger partial charge on any atom is 0.309 e. The number of nitrogens with one attached hydrogen (secondary N) is 1. The standard InChI is InChI=1S/C13H17NO4/c1-13(2,12(17)18)7-11(16)14-8-9-5-3-4-6-10(9)15/h3-6,15H,7-8H2,1-2H3,(H,14,16)(H,17,18). The number of carboxylic acid groups (broad SMARTS) is 1. The molecule has 1 aromatic rings. The molecule has 18 heavy (non-hydrogen) atoms. The van der Waals surface area contributed by atoms with Crippen LogP contribution in [0.25, 0.3) is 0 Å². The van der Waals surface area contributed by atoms with E-state index >= 15 is 0 Å². The molecular weight excluding hydrogens is 234 g/mol. The van der Waals surface area contributed by atoms with Crippen LogP contribution in [0.2, 0.25) is 0 Å². The summed E-state index contributed by atoms with van der Waals surface area (Å²) in [7, 11) is 0. The summed E-state index contributed by atoms with van der Waals surface area (Å²) in [5, 5.41) is 21.0. The van der Waals surface area contributed by atoms with Crippen molar-refractivity contribution in [2.24, 2.45) is 5.41 Å². The Morgan fingerprint density at radius 1 is 1.28 bits per heavy atom. The number of hydrogen-bond acceptors (Lipinski definition) is 3. The predicted molar refractivity (Wildman–Crippen MR) is 66.0 cm³/mol. The first-order chi connectivity index (χ1) is 8.33. The minimum absolute atomic E-state index is 0.101. The maximum atomic E-state index is 11.6. The van der Waals surface area contributed by atoms with Gasteiger partial charge in [-0.2, -0.15) is 0 Å². The lowest BCUT2D eigenvalue weighted by atomic mass is 9.89. The number of amides is 1. The first-order valence-corrected chi connectivity index (χ1v) is 5.60. The predicted octanol–water partition coefficient (Wildman–Crippen LogP) is 1.51. The van der Waals surface area contributed by atoms with Gasteiger partial charge in [-0.1, -0.05) is 18.2 Å². The number of carbonyl (C=O) groups is 2. The molecule has 0 fully saturated rings. The molecule has 0 bridgehead atoms. The summed E-state index contributed by atoms with van der Waals surface area (Å²) in [5.74, 6) is -1.26. The Balaban J connectivity index is 2.53. The molecular formula is C13H17NO4. The first-order valence-electron chi connectivity index (χ1n) is 5.60. The van der Waals surface area contributed by atoms with Crippen LogP contribution in [-0.4, -0.2) is 22.1 Å². The molecule has 1 aromatic carbocycles. The van der Waals surface area contributed by atoms with Crippen LogP contribution >= 0.6 is 0 Å². The summed E-state index contributed by atoms with van der Waals surface area (Å²) in [4.78, 5) is 22.5. The van der Waals surface area contributed by atoms with Crippen molar-refractivity contribution in [3.05, 3.63) is 29.8 Å². The van der Waals surface area contributed by atoms with Crippen LogP contribution in [0.3, 0.4) is 0 Å². The monoisotopic (exact) mass is 251 g/mol. The molecule has 0 radical (unpaired) electrons. The number of phenolic OH excluding ortho intramolecular Hbond substituents is 1. The maximum absolute atomic E-state index is 11.6. The Bertz CT molecular complexity index is 454. The van der Waals surface area contributed by atoms with Crippen LogP contribution < -0.4 is 5.32 Å². The fraction of sp³-hybridized carbons (Fsp3) is 0.385. The van der Waals surface area contributed by atoms with Crippen LogP contribution in [0.5, 0.6) is 5.75 Å². The second-order valence-electron chi connectivity index (χ2n) is 4.77. The van der Waals surface area contributed by atoms with Gasteiger partial charge in [0.2, 0.25) is 5.91 Å². The lowest BCUT2D eigenvalue weighted by Gasteiger charge is -2.18. The van der Waals surface area contributed by atoms with E-state index in [1.165, 1.54) is 19.9 Å². The van der Waals surface area contributed by atoms with Crippen molar-refractivity contribution in [1.29, 1.82) is 0 Å². The van der Waals surface area contributed by atoms with Crippen molar-refractivity contribution in [3.63, 3.8) is 0 Å². The quantitative estimate of drug-likeness (QED) is 0.740. The number of carbonyl (C=O) groups excluding carboxylic acids is 1. The average Bonchev–Trinajstić information content (AvgIpc) is 2.27. The fourth-order valence-electron chi connectivity index (χ4n) is 1.39. The zero-order valence-corrected chi connectivity index (χ0v) is 10.4. The van der Waals surface area contributed by atoms with Gasteiger partial charge in [-0.05, 0) is 19.9 Å². The van der Waals surface area contributed by atoms with Gasteiger partial charge >= 0.3 is 5.97 Å². The normalized spacial score (nSPS) is 11.0. The number of para-hydroxylation sites is 1. The average molecular weight is 251 g/mol. The summed E-state index contributed by atoms with van der Waals surface area (Å²) < 4.78 is 0. The Kier molecular flexibility index (Phi) is 4.31. The minimum atomic E-state index is -1.09. The molecule has 1 amide bonds. The molecule has 0 unspecified atom stereocenters. The number of aromatic hydroxyl groups is 1. The van der Waals surface area contributed by atoms with Crippen molar-refractivity contribution in [2.75, 3.05) is 0 Å². The van der Waals surface area contributed by atoms with Gasteiger partial charge in [-0.15, -0.1) is 0 Å². The molecule has 0 aliphatic heterocycles. The van der Waals surface area contributed by atoms with Gasteiger partial charge in [0.1, 0.15) is 5.75 Å². The molecule has 0 heterocycles. The highest BCUT2D eigenvalue weighted by atomic mass is 16.4. The Labute approximate surface area is 105 Å². The fourth-order valence-corrected chi connectivity index (χ4v) is 1.39. The van der Waals surface area contributed by atoms with Crippen LogP contribution in [-0.2, 0) is 16.1 Å². The summed E-state index contributed by atoms with van der Waals surface area (Å²) >= 11 is 0. The number of hydrogen-bond donors (Lipinski definition) is 3. The summed E-state index contributed by atoms with van der Waals surface area (Å²) in [5.41, 5.74) is -0.498. The molecule has 0 aliphatic carbocycles. The third kappa shape index (κ3) is 3.76. The highest BCUT2D eigenvalue weighted by molar-refractivity contribution is 5.84. The van der Waals surface area contributed by atoms with E-state index in [1.807, 2.05) is 0 Å². The zero-order chi connectivity index (χ0) is 13.8. The third-order valence-electron chi connectivity index (χ3n) is 2.65. The highest BCUT2D eigenvalue weighted by Gasteiger charge is 2.29. The molecule has 0 saturated heterocycles. The molecule has 5 heteroatoms. The van der Waals surface area contributed by atoms with E-state index in [0.717, 1.165) is 0 Å². The van der Waals surface area contributed by atoms with E-state index in [2.05, 4.69) is 5.32 Å². The van der Waals surface area contributed by atoms with Crippen molar-refractivity contribution in [2.45, 2.75) is 26.8 Å². The van der Waals surface area contributed by atoms with Crippen molar-refractivity contribution in [1.82, 2.24) is 5.32 Å². The Morgan fingerprint density at radius 3 is 2.44 bits per heavy atom. The molecule has 0 aliphatic rings. The lowest BCUT2D eigenvalue weighted by Crippen LogP contribution is -2.33. The minimum Gasteiger partial charge on any atom is -0.508 e. The van der Waals surface area contributed by atoms with E-state index in [4.69, 9.17) is 5.11 Å². The van der Waals surface area contributed by atoms with Gasteiger partial charge in [0.15, 0.2) is 0 Å². The third-order valence-corrected chi connectivity index (χ3v) is 2.65. The van der Waals surface area contributed by atoms with Gasteiger partial charge in [0.25, 0.3) is 0 Å². The molecule has 0 aromatic heterocycles. The topological polar surface area (TPSA) is 86.6 Å². The van der Waals surface area contributed by atoms with Crippen LogP contribution in [0.1, 0.15) is 25.8 Å². The van der Waals surface area contributed by atoms with Crippen LogP contribution in [0.4, 0.5) is 0 Å². The largest absolute Gasteiger partial charge is 0.508 e. The number of phenols is 1. The number of benzene rings is 1. The first kappa shape index (κ1) is 14.0. The Hall–Kier alpha value is -2.04. The number of carboxylic acids is 1. The second-order valence-corrected chi connectivity index (χ2v) is 4.77. The van der Waals surface area contributed by atoms with E-state index in [-0.39, 0.29) is 24.6 Å². The summed E-state index contributed by atoms with van der Waals surface area (Å²) in [6, 6.07) is 6.66. The van der Waals surface area contributed by atoms with Crippen molar-refractivity contribution >= 4 is 11.9 Å². The summed E-state index contributed by atoms with van der Waals surface area (Å²) in [6.07, 6.45) is -0.101. The van der Waals surface area contributed by atoms with E-state index in [9.17, 15) is 14.7 Å². The summed E-state index contributed by atoms with van der Waals surface area (Å²) in [6.45, 7) is 3.17. The number of aliphatic carboxylic acids is 1. The molecule has 98 valence electrons.